The zero-order valence-corrected chi connectivity index (χ0v) is 13.9. The van der Waals surface area contributed by atoms with Crippen LogP contribution in [0.3, 0.4) is 0 Å². The van der Waals surface area contributed by atoms with E-state index in [0.717, 1.165) is 38.5 Å². The van der Waals surface area contributed by atoms with E-state index >= 15 is 0 Å². The van der Waals surface area contributed by atoms with Gasteiger partial charge in [-0.3, -0.25) is 14.5 Å². The van der Waals surface area contributed by atoms with Gasteiger partial charge in [-0.15, -0.1) is 11.3 Å². The lowest BCUT2D eigenvalue weighted by atomic mass is 10.1. The molecular formula is C15H22N4O3S. The van der Waals surface area contributed by atoms with Gasteiger partial charge in [-0.05, 0) is 0 Å². The van der Waals surface area contributed by atoms with Gasteiger partial charge >= 0.3 is 0 Å². The fourth-order valence-corrected chi connectivity index (χ4v) is 3.46. The van der Waals surface area contributed by atoms with Gasteiger partial charge in [0.15, 0.2) is 0 Å². The predicted octanol–water partition coefficient (Wildman–Crippen LogP) is -0.0600. The number of hydrogen-bond donors (Lipinski definition) is 1. The molecule has 23 heavy (non-hydrogen) atoms. The van der Waals surface area contributed by atoms with Crippen molar-refractivity contribution in [3.05, 3.63) is 16.6 Å². The molecular weight excluding hydrogens is 316 g/mol. The number of thiazole rings is 1. The summed E-state index contributed by atoms with van der Waals surface area (Å²) in [5.74, 6) is -0.224. The second-order valence-electron chi connectivity index (χ2n) is 5.89. The molecule has 0 radical (unpaired) electrons. The minimum atomic E-state index is -0.245. The van der Waals surface area contributed by atoms with E-state index in [1.807, 2.05) is 10.3 Å². The maximum Gasteiger partial charge on any atom is 0.225 e. The minimum Gasteiger partial charge on any atom is -0.379 e. The highest BCUT2D eigenvalue weighted by molar-refractivity contribution is 7.07. The fraction of sp³-hybridized carbons (Fsp3) is 0.667. The monoisotopic (exact) mass is 338 g/mol. The lowest BCUT2D eigenvalue weighted by molar-refractivity contribution is -0.129. The fourth-order valence-electron chi connectivity index (χ4n) is 2.90. The van der Waals surface area contributed by atoms with Gasteiger partial charge in [0.25, 0.3) is 0 Å². The molecule has 2 aliphatic heterocycles. The van der Waals surface area contributed by atoms with Crippen molar-refractivity contribution in [3.63, 3.8) is 0 Å². The normalized spacial score (nSPS) is 22.5. The first-order chi connectivity index (χ1) is 11.2. The molecule has 7 nitrogen and oxygen atoms in total. The average Bonchev–Trinajstić information content (AvgIpc) is 3.21. The average molecular weight is 338 g/mol. The Morgan fingerprint density at radius 2 is 2.22 bits per heavy atom. The summed E-state index contributed by atoms with van der Waals surface area (Å²) >= 11 is 1.51. The summed E-state index contributed by atoms with van der Waals surface area (Å²) in [6.07, 6.45) is 0.312. The number of aromatic nitrogens is 1. The molecule has 2 fully saturated rings. The van der Waals surface area contributed by atoms with Crippen LogP contribution < -0.4 is 5.32 Å². The smallest absolute Gasteiger partial charge is 0.225 e. The Morgan fingerprint density at radius 3 is 2.96 bits per heavy atom. The molecule has 8 heteroatoms. The summed E-state index contributed by atoms with van der Waals surface area (Å²) in [6, 6.07) is 0. The number of amides is 2. The second kappa shape index (κ2) is 7.85. The Labute approximate surface area is 139 Å². The van der Waals surface area contributed by atoms with Gasteiger partial charge in [-0.2, -0.15) is 0 Å². The molecule has 1 atom stereocenters. The van der Waals surface area contributed by atoms with E-state index in [1.165, 1.54) is 11.3 Å². The molecule has 0 unspecified atom stereocenters. The summed E-state index contributed by atoms with van der Waals surface area (Å²) in [5, 5.41) is 4.78. The van der Waals surface area contributed by atoms with Gasteiger partial charge in [0.1, 0.15) is 0 Å². The van der Waals surface area contributed by atoms with Crippen LogP contribution in [0.4, 0.5) is 0 Å². The van der Waals surface area contributed by atoms with E-state index in [0.29, 0.717) is 26.1 Å². The Balaban J connectivity index is 1.42. The zero-order valence-electron chi connectivity index (χ0n) is 13.1. The van der Waals surface area contributed by atoms with Crippen molar-refractivity contribution in [1.82, 2.24) is 20.1 Å². The lowest BCUT2D eigenvalue weighted by Crippen LogP contribution is -2.42. The van der Waals surface area contributed by atoms with Gasteiger partial charge in [-0.25, -0.2) is 4.98 Å². The van der Waals surface area contributed by atoms with E-state index in [9.17, 15) is 9.59 Å². The third-order valence-corrected chi connectivity index (χ3v) is 4.94. The number of likely N-dealkylation sites (tertiary alicyclic amines) is 1. The molecule has 1 aromatic heterocycles. The largest absolute Gasteiger partial charge is 0.379 e. The van der Waals surface area contributed by atoms with Crippen LogP contribution in [-0.2, 0) is 20.9 Å². The summed E-state index contributed by atoms with van der Waals surface area (Å²) in [7, 11) is 0. The van der Waals surface area contributed by atoms with Crippen LogP contribution >= 0.6 is 11.3 Å². The molecule has 3 rings (SSSR count). The molecule has 0 aliphatic carbocycles. The summed E-state index contributed by atoms with van der Waals surface area (Å²) in [6.45, 7) is 5.84. The number of carbonyl (C=O) groups excluding carboxylic acids is 2. The van der Waals surface area contributed by atoms with E-state index < -0.39 is 0 Å². The van der Waals surface area contributed by atoms with Crippen LogP contribution in [0.15, 0.2) is 10.9 Å². The van der Waals surface area contributed by atoms with Gasteiger partial charge < -0.3 is 15.0 Å². The van der Waals surface area contributed by atoms with E-state index in [4.69, 9.17) is 4.74 Å². The number of ether oxygens (including phenoxy) is 1. The van der Waals surface area contributed by atoms with Gasteiger partial charge in [-0.1, -0.05) is 0 Å². The number of hydrogen-bond acceptors (Lipinski definition) is 6. The lowest BCUT2D eigenvalue weighted by Gasteiger charge is -2.28. The third-order valence-electron chi connectivity index (χ3n) is 4.30. The van der Waals surface area contributed by atoms with Gasteiger partial charge in [0, 0.05) is 44.5 Å². The molecule has 0 aromatic carbocycles. The number of morpholine rings is 1. The molecule has 2 saturated heterocycles. The third kappa shape index (κ3) is 4.49. The van der Waals surface area contributed by atoms with Crippen molar-refractivity contribution in [2.24, 2.45) is 5.92 Å². The summed E-state index contributed by atoms with van der Waals surface area (Å²) in [5.41, 5.74) is 2.60. The van der Waals surface area contributed by atoms with E-state index in [1.54, 1.807) is 5.51 Å². The SMILES string of the molecule is O=C(NCc1cscn1)[C@@H]1CC(=O)N(CCN2CCOCC2)C1. The molecule has 0 saturated carbocycles. The molecule has 0 bridgehead atoms. The van der Waals surface area contributed by atoms with Gasteiger partial charge in [0.05, 0.1) is 36.9 Å². The molecule has 126 valence electrons. The molecule has 2 aliphatic rings. The number of rotatable bonds is 6. The second-order valence-corrected chi connectivity index (χ2v) is 6.61. The van der Waals surface area contributed by atoms with Crippen molar-refractivity contribution in [2.45, 2.75) is 13.0 Å². The molecule has 0 spiro atoms. The Morgan fingerprint density at radius 1 is 1.39 bits per heavy atom. The summed E-state index contributed by atoms with van der Waals surface area (Å²) in [4.78, 5) is 32.5. The first-order valence-corrected chi connectivity index (χ1v) is 8.89. The van der Waals surface area contributed by atoms with Crippen molar-refractivity contribution in [2.75, 3.05) is 45.9 Å². The first kappa shape index (κ1) is 16.4. The van der Waals surface area contributed by atoms with Crippen molar-refractivity contribution >= 4 is 23.2 Å². The highest BCUT2D eigenvalue weighted by Crippen LogP contribution is 2.18. The topological polar surface area (TPSA) is 74.8 Å². The zero-order chi connectivity index (χ0) is 16.1. The minimum absolute atomic E-state index is 0.0553. The van der Waals surface area contributed by atoms with Crippen molar-refractivity contribution in [1.29, 1.82) is 0 Å². The van der Waals surface area contributed by atoms with Crippen LogP contribution in [0, 0.1) is 5.92 Å². The Bertz CT molecular complexity index is 531. The standard InChI is InChI=1S/C15H22N4O3S/c20-14-7-12(15(21)16-8-13-10-23-11-17-13)9-19(14)2-1-18-3-5-22-6-4-18/h10-12H,1-9H2,(H,16,21)/t12-/m1/s1. The number of nitrogens with zero attached hydrogens (tertiary/aromatic N) is 3. The Kier molecular flexibility index (Phi) is 5.58. The molecule has 2 amide bonds. The van der Waals surface area contributed by atoms with Crippen molar-refractivity contribution < 1.29 is 14.3 Å². The number of carbonyl (C=O) groups is 2. The highest BCUT2D eigenvalue weighted by Gasteiger charge is 2.34. The van der Waals surface area contributed by atoms with Crippen LogP contribution in [0.25, 0.3) is 0 Å². The van der Waals surface area contributed by atoms with Crippen LogP contribution in [0.2, 0.25) is 0 Å². The number of nitrogens with one attached hydrogen (secondary N) is 1. The molecule has 1 N–H and O–H groups in total. The highest BCUT2D eigenvalue weighted by atomic mass is 32.1. The van der Waals surface area contributed by atoms with Crippen LogP contribution in [0.5, 0.6) is 0 Å². The quantitative estimate of drug-likeness (QED) is 0.787. The van der Waals surface area contributed by atoms with Crippen LogP contribution in [0.1, 0.15) is 12.1 Å². The predicted molar refractivity (Wildman–Crippen MR) is 85.9 cm³/mol. The van der Waals surface area contributed by atoms with E-state index in [2.05, 4.69) is 15.2 Å². The molecule has 3 heterocycles. The molecule has 1 aromatic rings. The summed E-state index contributed by atoms with van der Waals surface area (Å²) < 4.78 is 5.32. The van der Waals surface area contributed by atoms with E-state index in [-0.39, 0.29) is 17.7 Å². The van der Waals surface area contributed by atoms with Gasteiger partial charge in [0.2, 0.25) is 11.8 Å². The first-order valence-electron chi connectivity index (χ1n) is 7.95. The van der Waals surface area contributed by atoms with Crippen molar-refractivity contribution in [3.8, 4) is 0 Å². The van der Waals surface area contributed by atoms with Crippen LogP contribution in [-0.4, -0.2) is 72.5 Å². The Hall–Kier alpha value is -1.51. The maximum absolute atomic E-state index is 12.2. The maximum atomic E-state index is 12.2.